The number of fused-ring (bicyclic) bond motifs is 1. The maximum Gasteiger partial charge on any atom is 0.235 e. The van der Waals surface area contributed by atoms with Crippen LogP contribution in [-0.4, -0.2) is 30.2 Å². The predicted molar refractivity (Wildman–Crippen MR) is 152 cm³/mol. The summed E-state index contributed by atoms with van der Waals surface area (Å²) in [5, 5.41) is 3.11. The Bertz CT molecular complexity index is 1190. The molecule has 1 fully saturated rings. The molecule has 0 radical (unpaired) electrons. The van der Waals surface area contributed by atoms with Gasteiger partial charge in [-0.2, -0.15) is 0 Å². The first-order valence-corrected chi connectivity index (χ1v) is 12.5. The van der Waals surface area contributed by atoms with E-state index < -0.39 is 5.41 Å². The number of ether oxygens (including phenoxy) is 2. The van der Waals surface area contributed by atoms with Crippen LogP contribution in [0.4, 0.5) is 5.69 Å². The summed E-state index contributed by atoms with van der Waals surface area (Å²) in [7, 11) is 0. The molecule has 1 aliphatic heterocycles. The summed E-state index contributed by atoms with van der Waals surface area (Å²) < 4.78 is 10.9. The number of hydrogen-bond donors (Lipinski definition) is 3. The normalized spacial score (nSPS) is 14.3. The Morgan fingerprint density at radius 3 is 2.22 bits per heavy atom. The van der Waals surface area contributed by atoms with Crippen molar-refractivity contribution in [3.63, 3.8) is 0 Å². The number of thiol groups is 1. The van der Waals surface area contributed by atoms with E-state index in [2.05, 4.69) is 38.7 Å². The zero-order valence-corrected chi connectivity index (χ0v) is 22.5. The van der Waals surface area contributed by atoms with Crippen LogP contribution in [0, 0.1) is 5.41 Å². The molecule has 0 aromatic heterocycles. The predicted octanol–water partition coefficient (Wildman–Crippen LogP) is 4.77. The summed E-state index contributed by atoms with van der Waals surface area (Å²) in [6.45, 7) is 7.63. The average Bonchev–Trinajstić information content (AvgIpc) is 3.50. The van der Waals surface area contributed by atoms with Gasteiger partial charge in [-0.15, -0.1) is 12.6 Å². The fourth-order valence-electron chi connectivity index (χ4n) is 4.08. The van der Waals surface area contributed by atoms with E-state index in [-0.39, 0.29) is 23.7 Å². The molecule has 1 amide bonds. The second-order valence-electron chi connectivity index (χ2n) is 10.3. The van der Waals surface area contributed by atoms with Crippen LogP contribution in [0.2, 0.25) is 0 Å². The van der Waals surface area contributed by atoms with Gasteiger partial charge in [-0.1, -0.05) is 51.1 Å². The second-order valence-corrected chi connectivity index (χ2v) is 10.8. The van der Waals surface area contributed by atoms with E-state index in [0.29, 0.717) is 11.2 Å². The van der Waals surface area contributed by atoms with Gasteiger partial charge in [-0.25, -0.2) is 0 Å². The van der Waals surface area contributed by atoms with Crippen LogP contribution in [0.25, 0.3) is 11.1 Å². The number of benzene rings is 3. The number of amides is 1. The van der Waals surface area contributed by atoms with Crippen LogP contribution in [-0.2, 0) is 10.2 Å². The minimum atomic E-state index is -0.481. The van der Waals surface area contributed by atoms with Crippen molar-refractivity contribution in [2.24, 2.45) is 11.1 Å². The summed E-state index contributed by atoms with van der Waals surface area (Å²) in [6.07, 6.45) is 2.79. The van der Waals surface area contributed by atoms with Crippen molar-refractivity contribution in [1.29, 1.82) is 0 Å². The Kier molecular flexibility index (Phi) is 10.2. The average molecular weight is 527 g/mol. The third-order valence-electron chi connectivity index (χ3n) is 6.33. The largest absolute Gasteiger partial charge is 0.454 e. The molecule has 0 spiro atoms. The molecule has 0 bridgehead atoms. The summed E-state index contributed by atoms with van der Waals surface area (Å²) in [4.78, 5) is 14.0. The molecular formula is C29H38N2O5S. The number of carbonyl (C=O) groups excluding carboxylic acids is 1. The highest BCUT2D eigenvalue weighted by Gasteiger charge is 2.51. The Morgan fingerprint density at radius 2 is 1.62 bits per heavy atom. The summed E-state index contributed by atoms with van der Waals surface area (Å²) in [5.74, 6) is 1.47. The van der Waals surface area contributed by atoms with Gasteiger partial charge in [0, 0.05) is 10.6 Å². The Hall–Kier alpha value is -3.04. The molecule has 3 aromatic carbocycles. The first-order valence-electron chi connectivity index (χ1n) is 12.0. The SMILES string of the molecule is CC(C)(C)CCN.O.O.O=C(Nc1cccc(-c2ccc(S)cc2)c1)C1(c2ccc3c(c2)OCO3)CC1. The quantitative estimate of drug-likeness (QED) is 0.412. The number of anilines is 1. The third-order valence-corrected chi connectivity index (χ3v) is 6.62. The molecule has 8 heteroatoms. The van der Waals surface area contributed by atoms with E-state index in [1.807, 2.05) is 66.7 Å². The minimum absolute atomic E-state index is 0. The zero-order valence-electron chi connectivity index (χ0n) is 21.6. The van der Waals surface area contributed by atoms with Crippen LogP contribution in [0.1, 0.15) is 45.6 Å². The zero-order chi connectivity index (χ0) is 25.1. The van der Waals surface area contributed by atoms with Crippen molar-refractivity contribution >= 4 is 24.2 Å². The fourth-order valence-corrected chi connectivity index (χ4v) is 4.23. The molecule has 0 atom stereocenters. The van der Waals surface area contributed by atoms with E-state index in [4.69, 9.17) is 15.2 Å². The van der Waals surface area contributed by atoms with Crippen LogP contribution in [0.15, 0.2) is 71.6 Å². The van der Waals surface area contributed by atoms with E-state index in [0.717, 1.165) is 58.8 Å². The molecule has 200 valence electrons. The van der Waals surface area contributed by atoms with E-state index in [9.17, 15) is 4.79 Å². The molecular weight excluding hydrogens is 488 g/mol. The lowest BCUT2D eigenvalue weighted by Crippen LogP contribution is -2.27. The van der Waals surface area contributed by atoms with Crippen LogP contribution >= 0.6 is 12.6 Å². The monoisotopic (exact) mass is 526 g/mol. The number of nitrogens with two attached hydrogens (primary N) is 1. The van der Waals surface area contributed by atoms with Crippen LogP contribution in [0.3, 0.4) is 0 Å². The highest BCUT2D eigenvalue weighted by atomic mass is 32.1. The van der Waals surface area contributed by atoms with Crippen molar-refractivity contribution in [2.45, 2.75) is 50.3 Å². The van der Waals surface area contributed by atoms with Crippen molar-refractivity contribution < 1.29 is 25.2 Å². The Morgan fingerprint density at radius 1 is 0.946 bits per heavy atom. The third kappa shape index (κ3) is 7.49. The lowest BCUT2D eigenvalue weighted by atomic mass is 9.93. The second kappa shape index (κ2) is 12.5. The van der Waals surface area contributed by atoms with Crippen molar-refractivity contribution in [3.8, 4) is 22.6 Å². The standard InChI is InChI=1S/C23H19NO3S.C6H15N.2H2O/c25-22(23(10-11-23)17-6-9-20-21(13-17)27-14-26-20)24-18-3-1-2-16(12-18)15-4-7-19(28)8-5-15;1-6(2,3)4-5-7;;/h1-9,12-13,28H,10-11,14H2,(H,24,25);4-5,7H2,1-3H3;2*1H2. The van der Waals surface area contributed by atoms with Crippen molar-refractivity contribution in [2.75, 3.05) is 18.7 Å². The van der Waals surface area contributed by atoms with Crippen LogP contribution in [0.5, 0.6) is 11.5 Å². The number of carbonyl (C=O) groups is 1. The molecule has 7 N–H and O–H groups in total. The lowest BCUT2D eigenvalue weighted by molar-refractivity contribution is -0.118. The van der Waals surface area contributed by atoms with Gasteiger partial charge >= 0.3 is 0 Å². The molecule has 3 aromatic rings. The number of rotatable bonds is 5. The van der Waals surface area contributed by atoms with Gasteiger partial charge in [0.2, 0.25) is 12.7 Å². The molecule has 5 rings (SSSR count). The van der Waals surface area contributed by atoms with Crippen molar-refractivity contribution in [3.05, 3.63) is 72.3 Å². The maximum absolute atomic E-state index is 13.1. The van der Waals surface area contributed by atoms with Gasteiger partial charge in [0.1, 0.15) is 0 Å². The number of hydrogen-bond acceptors (Lipinski definition) is 5. The molecule has 1 heterocycles. The lowest BCUT2D eigenvalue weighted by Gasteiger charge is -2.17. The summed E-state index contributed by atoms with van der Waals surface area (Å²) in [6, 6.07) is 21.7. The molecule has 1 saturated carbocycles. The topological polar surface area (TPSA) is 137 Å². The van der Waals surface area contributed by atoms with Gasteiger partial charge < -0.3 is 31.5 Å². The van der Waals surface area contributed by atoms with Gasteiger partial charge in [-0.05, 0) is 84.3 Å². The highest BCUT2D eigenvalue weighted by Crippen LogP contribution is 2.51. The van der Waals surface area contributed by atoms with E-state index in [1.165, 1.54) is 0 Å². The maximum atomic E-state index is 13.1. The van der Waals surface area contributed by atoms with Gasteiger partial charge in [0.05, 0.1) is 5.41 Å². The van der Waals surface area contributed by atoms with Crippen molar-refractivity contribution in [1.82, 2.24) is 0 Å². The molecule has 2 aliphatic rings. The highest BCUT2D eigenvalue weighted by molar-refractivity contribution is 7.80. The Balaban J connectivity index is 0.000000476. The fraction of sp³-hybridized carbons (Fsp3) is 0.345. The molecule has 37 heavy (non-hydrogen) atoms. The van der Waals surface area contributed by atoms with E-state index >= 15 is 0 Å². The van der Waals surface area contributed by atoms with E-state index in [1.54, 1.807) is 0 Å². The van der Waals surface area contributed by atoms with Gasteiger partial charge in [0.15, 0.2) is 11.5 Å². The Labute approximate surface area is 224 Å². The summed E-state index contributed by atoms with van der Waals surface area (Å²) in [5.41, 5.74) is 9.18. The first-order chi connectivity index (χ1) is 16.7. The first kappa shape index (κ1) is 30.2. The van der Waals surface area contributed by atoms with Gasteiger partial charge in [0.25, 0.3) is 0 Å². The number of nitrogens with one attached hydrogen (secondary N) is 1. The molecule has 1 aliphatic carbocycles. The smallest absolute Gasteiger partial charge is 0.235 e. The van der Waals surface area contributed by atoms with Crippen LogP contribution < -0.4 is 20.5 Å². The molecule has 0 unspecified atom stereocenters. The minimum Gasteiger partial charge on any atom is -0.454 e. The van der Waals surface area contributed by atoms with Gasteiger partial charge in [-0.3, -0.25) is 4.79 Å². The molecule has 7 nitrogen and oxygen atoms in total. The molecule has 0 saturated heterocycles. The summed E-state index contributed by atoms with van der Waals surface area (Å²) >= 11 is 4.33.